The third-order valence-electron chi connectivity index (χ3n) is 3.69. The highest BCUT2D eigenvalue weighted by Crippen LogP contribution is 2.39. The number of hydrogen-bond acceptors (Lipinski definition) is 4. The Morgan fingerprint density at radius 1 is 1.12 bits per heavy atom. The maximum atomic E-state index is 10.8. The number of nitro benzene ring substituents is 1. The molecule has 3 rings (SSSR count). The fourth-order valence-corrected chi connectivity index (χ4v) is 2.87. The molecule has 5 nitrogen and oxygen atoms in total. The summed E-state index contributed by atoms with van der Waals surface area (Å²) in [5.41, 5.74) is 2.95. The molecule has 1 aliphatic rings. The average Bonchev–Trinajstić information content (AvgIpc) is 2.74. The Labute approximate surface area is 153 Å². The Morgan fingerprint density at radius 2 is 1.79 bits per heavy atom. The zero-order valence-electron chi connectivity index (χ0n) is 12.2. The van der Waals surface area contributed by atoms with Crippen molar-refractivity contribution < 1.29 is 4.92 Å². The molecular formula is C16H12Cl3N3O2. The van der Waals surface area contributed by atoms with Crippen LogP contribution in [0.1, 0.15) is 12.0 Å². The summed E-state index contributed by atoms with van der Waals surface area (Å²) >= 11 is 18.3. The van der Waals surface area contributed by atoms with E-state index >= 15 is 0 Å². The number of fused-ring (bicyclic) bond motifs is 1. The highest BCUT2D eigenvalue weighted by atomic mass is 35.6. The molecule has 8 heteroatoms. The molecule has 24 heavy (non-hydrogen) atoms. The molecule has 1 heterocycles. The number of rotatable bonds is 2. The van der Waals surface area contributed by atoms with Crippen molar-refractivity contribution in [2.24, 2.45) is 4.99 Å². The number of nitrogens with one attached hydrogen (secondary N) is 1. The molecule has 0 spiro atoms. The molecule has 2 aromatic rings. The van der Waals surface area contributed by atoms with Gasteiger partial charge in [-0.2, -0.15) is 0 Å². The smallest absolute Gasteiger partial charge is 0.269 e. The fraction of sp³-hybridized carbons (Fsp3) is 0.188. The summed E-state index contributed by atoms with van der Waals surface area (Å²) in [6, 6.07) is 13.1. The van der Waals surface area contributed by atoms with Crippen LogP contribution < -0.4 is 5.32 Å². The molecule has 0 amide bonds. The molecule has 0 aromatic heterocycles. The summed E-state index contributed by atoms with van der Waals surface area (Å²) in [5, 5.41) is 14.0. The summed E-state index contributed by atoms with van der Waals surface area (Å²) in [5.74, 6) is 0. The molecule has 0 bridgehead atoms. The van der Waals surface area contributed by atoms with Gasteiger partial charge in [-0.15, -0.1) is 0 Å². The van der Waals surface area contributed by atoms with E-state index in [1.54, 1.807) is 12.1 Å². The number of para-hydroxylation sites is 2. The zero-order chi connectivity index (χ0) is 17.3. The highest BCUT2D eigenvalue weighted by Gasteiger charge is 2.35. The SMILES string of the molecule is O=[N+]([O-])c1ccc(C2=Nc3ccccc3NC(C(Cl)(Cl)Cl)C2)cc1. The van der Waals surface area contributed by atoms with Crippen molar-refractivity contribution in [3.63, 3.8) is 0 Å². The van der Waals surface area contributed by atoms with Crippen LogP contribution in [0.4, 0.5) is 17.1 Å². The van der Waals surface area contributed by atoms with Gasteiger partial charge in [0.15, 0.2) is 0 Å². The molecule has 1 atom stereocenters. The monoisotopic (exact) mass is 383 g/mol. The number of non-ortho nitro benzene ring substituents is 1. The fourth-order valence-electron chi connectivity index (χ4n) is 2.47. The van der Waals surface area contributed by atoms with Crippen molar-refractivity contribution in [1.82, 2.24) is 0 Å². The van der Waals surface area contributed by atoms with Crippen LogP contribution in [0, 0.1) is 10.1 Å². The van der Waals surface area contributed by atoms with Gasteiger partial charge in [-0.3, -0.25) is 15.1 Å². The summed E-state index contributed by atoms with van der Waals surface area (Å²) in [6.45, 7) is 0. The van der Waals surface area contributed by atoms with Crippen molar-refractivity contribution in [2.45, 2.75) is 16.3 Å². The first kappa shape index (κ1) is 17.0. The van der Waals surface area contributed by atoms with Gasteiger partial charge in [0, 0.05) is 18.6 Å². The Kier molecular flexibility index (Phi) is 4.67. The number of aliphatic imine (C=N–C) groups is 1. The van der Waals surface area contributed by atoms with Gasteiger partial charge < -0.3 is 5.32 Å². The third kappa shape index (κ3) is 3.64. The maximum absolute atomic E-state index is 10.8. The number of alkyl halides is 3. The quantitative estimate of drug-likeness (QED) is 0.436. The molecule has 2 aromatic carbocycles. The minimum atomic E-state index is -1.53. The molecule has 0 saturated carbocycles. The molecule has 1 N–H and O–H groups in total. The largest absolute Gasteiger partial charge is 0.376 e. The third-order valence-corrected chi connectivity index (χ3v) is 4.48. The van der Waals surface area contributed by atoms with E-state index in [1.165, 1.54) is 12.1 Å². The summed E-state index contributed by atoms with van der Waals surface area (Å²) in [4.78, 5) is 15.0. The molecule has 0 saturated heterocycles. The molecule has 0 aliphatic carbocycles. The first-order valence-electron chi connectivity index (χ1n) is 7.09. The van der Waals surface area contributed by atoms with Crippen LogP contribution in [0.25, 0.3) is 0 Å². The van der Waals surface area contributed by atoms with Crippen molar-refractivity contribution >= 4 is 57.6 Å². The number of hydrogen-bond donors (Lipinski definition) is 1. The van der Waals surface area contributed by atoms with Gasteiger partial charge in [-0.05, 0) is 29.8 Å². The van der Waals surface area contributed by atoms with Crippen LogP contribution in [0.5, 0.6) is 0 Å². The van der Waals surface area contributed by atoms with E-state index in [9.17, 15) is 10.1 Å². The number of halogens is 3. The van der Waals surface area contributed by atoms with Gasteiger partial charge >= 0.3 is 0 Å². The minimum absolute atomic E-state index is 0.0180. The second-order valence-electron chi connectivity index (χ2n) is 5.32. The molecular weight excluding hydrogens is 373 g/mol. The second kappa shape index (κ2) is 6.59. The van der Waals surface area contributed by atoms with Gasteiger partial charge in [0.1, 0.15) is 0 Å². The van der Waals surface area contributed by atoms with E-state index in [0.717, 1.165) is 16.9 Å². The van der Waals surface area contributed by atoms with E-state index in [4.69, 9.17) is 34.8 Å². The lowest BCUT2D eigenvalue weighted by Crippen LogP contribution is -2.35. The van der Waals surface area contributed by atoms with E-state index in [-0.39, 0.29) is 5.69 Å². The summed E-state index contributed by atoms with van der Waals surface area (Å²) in [6.07, 6.45) is 0.364. The highest BCUT2D eigenvalue weighted by molar-refractivity contribution is 6.68. The summed E-state index contributed by atoms with van der Waals surface area (Å²) in [7, 11) is 0. The van der Waals surface area contributed by atoms with Gasteiger partial charge in [0.05, 0.1) is 28.1 Å². The first-order chi connectivity index (χ1) is 11.3. The minimum Gasteiger partial charge on any atom is -0.376 e. The van der Waals surface area contributed by atoms with Crippen LogP contribution in [0.2, 0.25) is 0 Å². The van der Waals surface area contributed by atoms with Crippen LogP contribution in [-0.4, -0.2) is 20.5 Å². The van der Waals surface area contributed by atoms with Gasteiger partial charge in [0.25, 0.3) is 5.69 Å². The van der Waals surface area contributed by atoms with E-state index in [1.807, 2.05) is 24.3 Å². The standard InChI is InChI=1S/C16H12Cl3N3O2/c17-16(18,19)15-9-14(10-5-7-11(8-6-10)22(23)24)20-12-3-1-2-4-13(12)21-15/h1-8,15,21H,9H2. The van der Waals surface area contributed by atoms with Crippen molar-refractivity contribution in [1.29, 1.82) is 0 Å². The van der Waals surface area contributed by atoms with Crippen LogP contribution in [0.3, 0.4) is 0 Å². The second-order valence-corrected chi connectivity index (χ2v) is 7.69. The van der Waals surface area contributed by atoms with Crippen LogP contribution in [0.15, 0.2) is 53.5 Å². The predicted molar refractivity (Wildman–Crippen MR) is 98.1 cm³/mol. The van der Waals surface area contributed by atoms with Crippen molar-refractivity contribution in [2.75, 3.05) is 5.32 Å². The molecule has 0 fully saturated rings. The van der Waals surface area contributed by atoms with Gasteiger partial charge in [0.2, 0.25) is 3.79 Å². The lowest BCUT2D eigenvalue weighted by Gasteiger charge is -2.25. The van der Waals surface area contributed by atoms with Crippen LogP contribution >= 0.6 is 34.8 Å². The molecule has 1 unspecified atom stereocenters. The Morgan fingerprint density at radius 3 is 2.42 bits per heavy atom. The molecule has 1 aliphatic heterocycles. The average molecular weight is 385 g/mol. The number of nitro groups is 1. The van der Waals surface area contributed by atoms with Gasteiger partial charge in [-0.25, -0.2) is 0 Å². The van der Waals surface area contributed by atoms with E-state index in [2.05, 4.69) is 10.3 Å². The normalized spacial score (nSPS) is 17.3. The lowest BCUT2D eigenvalue weighted by atomic mass is 10.0. The van der Waals surface area contributed by atoms with Gasteiger partial charge in [-0.1, -0.05) is 46.9 Å². The summed E-state index contributed by atoms with van der Waals surface area (Å²) < 4.78 is -1.53. The molecule has 124 valence electrons. The van der Waals surface area contributed by atoms with Crippen molar-refractivity contribution in [3.05, 3.63) is 64.2 Å². The number of anilines is 1. The zero-order valence-corrected chi connectivity index (χ0v) is 14.5. The Hall–Kier alpha value is -1.82. The molecule has 0 radical (unpaired) electrons. The predicted octanol–water partition coefficient (Wildman–Crippen LogP) is 5.27. The topological polar surface area (TPSA) is 67.5 Å². The Bertz CT molecular complexity index is 801. The Balaban J connectivity index is 2.04. The number of benzene rings is 2. The number of nitrogens with zero attached hydrogens (tertiary/aromatic N) is 2. The van der Waals surface area contributed by atoms with E-state index in [0.29, 0.717) is 12.1 Å². The van der Waals surface area contributed by atoms with Crippen LogP contribution in [-0.2, 0) is 0 Å². The van der Waals surface area contributed by atoms with Crippen molar-refractivity contribution in [3.8, 4) is 0 Å². The lowest BCUT2D eigenvalue weighted by molar-refractivity contribution is -0.384. The maximum Gasteiger partial charge on any atom is 0.269 e. The van der Waals surface area contributed by atoms with E-state index < -0.39 is 14.8 Å². The first-order valence-corrected chi connectivity index (χ1v) is 8.22.